The summed E-state index contributed by atoms with van der Waals surface area (Å²) in [6.45, 7) is 6.32. The molecule has 0 unspecified atom stereocenters. The lowest BCUT2D eigenvalue weighted by molar-refractivity contribution is -0.130. The van der Waals surface area contributed by atoms with Gasteiger partial charge in [-0.1, -0.05) is 0 Å². The first-order chi connectivity index (χ1) is 13.1. The highest BCUT2D eigenvalue weighted by molar-refractivity contribution is 5.93. The number of carbonyl (C=O) groups is 2. The minimum Gasteiger partial charge on any atom is -0.381 e. The van der Waals surface area contributed by atoms with Gasteiger partial charge in [0.25, 0.3) is 5.91 Å². The number of carbonyl (C=O) groups excluding carboxylic acids is 2. The smallest absolute Gasteiger partial charge is 0.252 e. The monoisotopic (exact) mass is 374 g/mol. The second-order valence-corrected chi connectivity index (χ2v) is 7.32. The van der Waals surface area contributed by atoms with Crippen LogP contribution in [0.1, 0.15) is 43.0 Å². The number of ether oxygens (including phenoxy) is 1. The van der Waals surface area contributed by atoms with Crippen molar-refractivity contribution >= 4 is 11.8 Å². The van der Waals surface area contributed by atoms with E-state index in [1.165, 1.54) is 0 Å². The number of amides is 2. The largest absolute Gasteiger partial charge is 0.381 e. The van der Waals surface area contributed by atoms with Crippen molar-refractivity contribution < 1.29 is 14.3 Å². The van der Waals surface area contributed by atoms with Crippen LogP contribution in [0.15, 0.2) is 24.5 Å². The van der Waals surface area contributed by atoms with Gasteiger partial charge in [0.1, 0.15) is 0 Å². The molecule has 0 aromatic carbocycles. The number of likely N-dealkylation sites (tertiary alicyclic amines) is 1. The fourth-order valence-electron chi connectivity index (χ4n) is 4.09. The highest BCUT2D eigenvalue weighted by Gasteiger charge is 2.31. The van der Waals surface area contributed by atoms with E-state index in [4.69, 9.17) is 4.74 Å². The summed E-state index contributed by atoms with van der Waals surface area (Å²) in [5.41, 5.74) is 0.588. The van der Waals surface area contributed by atoms with E-state index in [2.05, 4.69) is 15.2 Å². The zero-order chi connectivity index (χ0) is 19.1. The van der Waals surface area contributed by atoms with Crippen LogP contribution >= 0.6 is 0 Å². The van der Waals surface area contributed by atoms with Crippen LogP contribution in [0.3, 0.4) is 0 Å². The van der Waals surface area contributed by atoms with Crippen molar-refractivity contribution in [1.29, 1.82) is 0 Å². The molecule has 148 valence electrons. The Morgan fingerprint density at radius 3 is 2.56 bits per heavy atom. The Kier molecular flexibility index (Phi) is 7.18. The van der Waals surface area contributed by atoms with Crippen molar-refractivity contribution in [3.63, 3.8) is 0 Å². The average Bonchev–Trinajstić information content (AvgIpc) is 2.72. The Hall–Kier alpha value is -1.99. The third-order valence-electron chi connectivity index (χ3n) is 5.62. The van der Waals surface area contributed by atoms with Gasteiger partial charge in [0.15, 0.2) is 0 Å². The fourth-order valence-corrected chi connectivity index (χ4v) is 4.09. The molecule has 3 heterocycles. The van der Waals surface area contributed by atoms with Gasteiger partial charge in [0.05, 0.1) is 5.56 Å². The van der Waals surface area contributed by atoms with Crippen LogP contribution in [0, 0.1) is 0 Å². The summed E-state index contributed by atoms with van der Waals surface area (Å²) in [7, 11) is 0. The van der Waals surface area contributed by atoms with Crippen molar-refractivity contribution in [2.45, 2.75) is 44.7 Å². The summed E-state index contributed by atoms with van der Waals surface area (Å²) < 4.78 is 5.53. The normalized spacial score (nSPS) is 19.3. The van der Waals surface area contributed by atoms with Gasteiger partial charge in [-0.15, -0.1) is 0 Å². The highest BCUT2D eigenvalue weighted by Crippen LogP contribution is 2.23. The highest BCUT2D eigenvalue weighted by atomic mass is 16.5. The van der Waals surface area contributed by atoms with Gasteiger partial charge in [-0.2, -0.15) is 0 Å². The molecule has 0 saturated carbocycles. The van der Waals surface area contributed by atoms with Crippen molar-refractivity contribution in [1.82, 2.24) is 20.1 Å². The first kappa shape index (κ1) is 19.8. The zero-order valence-corrected chi connectivity index (χ0v) is 16.1. The molecule has 0 spiro atoms. The number of hydrogen-bond donors (Lipinski definition) is 1. The molecule has 0 bridgehead atoms. The molecule has 0 atom stereocenters. The number of aromatic nitrogens is 1. The van der Waals surface area contributed by atoms with E-state index >= 15 is 0 Å². The third-order valence-corrected chi connectivity index (χ3v) is 5.62. The van der Waals surface area contributed by atoms with Crippen molar-refractivity contribution in [3.05, 3.63) is 30.1 Å². The van der Waals surface area contributed by atoms with E-state index in [1.807, 2.05) is 4.90 Å². The number of piperidine rings is 1. The molecule has 0 aliphatic carbocycles. The molecule has 27 heavy (non-hydrogen) atoms. The molecular formula is C20H30N4O3. The Labute approximate surface area is 161 Å². The Balaban J connectivity index is 1.55. The standard InChI is InChI=1S/C20H30N4O3/c1-16(25)23-10-4-18(5-11-23)24(19-6-13-27-14-7-19)12-9-22-20(26)17-3-2-8-21-15-17/h2-3,8,15,18-19H,4-7,9-14H2,1H3,(H,22,26). The van der Waals surface area contributed by atoms with Crippen LogP contribution in [-0.4, -0.2) is 78.1 Å². The predicted molar refractivity (Wildman–Crippen MR) is 102 cm³/mol. The number of nitrogens with zero attached hydrogens (tertiary/aromatic N) is 3. The summed E-state index contributed by atoms with van der Waals surface area (Å²) in [4.78, 5) is 32.3. The van der Waals surface area contributed by atoms with Crippen LogP contribution < -0.4 is 5.32 Å². The maximum absolute atomic E-state index is 12.3. The topological polar surface area (TPSA) is 74.8 Å². The molecule has 2 aliphatic heterocycles. The lowest BCUT2D eigenvalue weighted by Gasteiger charge is -2.43. The van der Waals surface area contributed by atoms with Gasteiger partial charge >= 0.3 is 0 Å². The van der Waals surface area contributed by atoms with Crippen LogP contribution in [0.2, 0.25) is 0 Å². The van der Waals surface area contributed by atoms with E-state index in [0.29, 0.717) is 24.2 Å². The van der Waals surface area contributed by atoms with Gasteiger partial charge in [0, 0.05) is 70.8 Å². The fraction of sp³-hybridized carbons (Fsp3) is 0.650. The number of hydrogen-bond acceptors (Lipinski definition) is 5. The lowest BCUT2D eigenvalue weighted by atomic mass is 9.98. The number of nitrogens with one attached hydrogen (secondary N) is 1. The molecule has 0 radical (unpaired) electrons. The van der Waals surface area contributed by atoms with E-state index in [-0.39, 0.29) is 11.8 Å². The van der Waals surface area contributed by atoms with Crippen LogP contribution in [0.25, 0.3) is 0 Å². The van der Waals surface area contributed by atoms with Crippen molar-refractivity contribution in [2.24, 2.45) is 0 Å². The molecular weight excluding hydrogens is 344 g/mol. The SMILES string of the molecule is CC(=O)N1CCC(N(CCNC(=O)c2cccnc2)C2CCOCC2)CC1. The summed E-state index contributed by atoms with van der Waals surface area (Å²) in [6.07, 6.45) is 7.30. The molecule has 2 amide bonds. The number of rotatable bonds is 6. The zero-order valence-electron chi connectivity index (χ0n) is 16.1. The molecule has 2 aliphatic rings. The minimum absolute atomic E-state index is 0.0820. The van der Waals surface area contributed by atoms with E-state index in [9.17, 15) is 9.59 Å². The first-order valence-electron chi connectivity index (χ1n) is 9.92. The van der Waals surface area contributed by atoms with Gasteiger partial charge in [0.2, 0.25) is 5.91 Å². The van der Waals surface area contributed by atoms with Crippen LogP contribution in [-0.2, 0) is 9.53 Å². The number of pyridine rings is 1. The molecule has 2 saturated heterocycles. The second-order valence-electron chi connectivity index (χ2n) is 7.32. The summed E-state index contributed by atoms with van der Waals surface area (Å²) in [5.74, 6) is 0.0798. The predicted octanol–water partition coefficient (Wildman–Crippen LogP) is 1.30. The Morgan fingerprint density at radius 2 is 1.93 bits per heavy atom. The summed E-state index contributed by atoms with van der Waals surface area (Å²) >= 11 is 0. The lowest BCUT2D eigenvalue weighted by Crippen LogP contribution is -2.53. The van der Waals surface area contributed by atoms with Gasteiger partial charge < -0.3 is 15.0 Å². The molecule has 2 fully saturated rings. The van der Waals surface area contributed by atoms with Crippen molar-refractivity contribution in [2.75, 3.05) is 39.4 Å². The molecule has 3 rings (SSSR count). The first-order valence-corrected chi connectivity index (χ1v) is 9.92. The van der Waals surface area contributed by atoms with Gasteiger partial charge in [-0.05, 0) is 37.8 Å². The Bertz CT molecular complexity index is 611. The summed E-state index contributed by atoms with van der Waals surface area (Å²) in [5, 5.41) is 3.02. The van der Waals surface area contributed by atoms with Gasteiger partial charge in [-0.3, -0.25) is 19.5 Å². The van der Waals surface area contributed by atoms with E-state index < -0.39 is 0 Å². The molecule has 1 aromatic rings. The van der Waals surface area contributed by atoms with E-state index in [1.54, 1.807) is 31.5 Å². The Morgan fingerprint density at radius 1 is 1.22 bits per heavy atom. The quantitative estimate of drug-likeness (QED) is 0.812. The third kappa shape index (κ3) is 5.49. The van der Waals surface area contributed by atoms with Crippen LogP contribution in [0.4, 0.5) is 0 Å². The molecule has 1 aromatic heterocycles. The van der Waals surface area contributed by atoms with Gasteiger partial charge in [-0.25, -0.2) is 0 Å². The average molecular weight is 374 g/mol. The maximum Gasteiger partial charge on any atom is 0.252 e. The second kappa shape index (κ2) is 9.80. The van der Waals surface area contributed by atoms with Crippen LogP contribution in [0.5, 0.6) is 0 Å². The molecule has 7 heteroatoms. The summed E-state index contributed by atoms with van der Waals surface area (Å²) in [6, 6.07) is 4.49. The molecule has 1 N–H and O–H groups in total. The molecule has 7 nitrogen and oxygen atoms in total. The van der Waals surface area contributed by atoms with Crippen molar-refractivity contribution in [3.8, 4) is 0 Å². The maximum atomic E-state index is 12.3. The minimum atomic E-state index is -0.0820. The van der Waals surface area contributed by atoms with E-state index in [0.717, 1.165) is 58.5 Å².